The Balaban J connectivity index is 0.905. The molecule has 2 heterocycles. The number of hydrogen-bond donors (Lipinski definition) is 3. The van der Waals surface area contributed by atoms with E-state index in [0.717, 1.165) is 97.7 Å². The van der Waals surface area contributed by atoms with Crippen molar-refractivity contribution in [1.82, 2.24) is 15.5 Å². The molecule has 52 heavy (non-hydrogen) atoms. The predicted octanol–water partition coefficient (Wildman–Crippen LogP) is 6.47. The molecular formula is C41H51N5O6. The van der Waals surface area contributed by atoms with E-state index in [4.69, 9.17) is 9.47 Å². The number of nitro benzene ring substituents is 1. The monoisotopic (exact) mass is 709 g/mol. The van der Waals surface area contributed by atoms with Crippen molar-refractivity contribution in [2.24, 2.45) is 23.7 Å². The molecule has 2 amide bonds. The molecule has 0 spiro atoms. The van der Waals surface area contributed by atoms with Gasteiger partial charge in [-0.3, -0.25) is 15.0 Å². The molecule has 4 bridgehead atoms. The molecule has 3 N–H and O–H groups in total. The second-order valence-corrected chi connectivity index (χ2v) is 16.1. The number of nitrogens with zero attached hydrogens (tertiary/aromatic N) is 3. The third-order valence-electron chi connectivity index (χ3n) is 12.5. The average Bonchev–Trinajstić information content (AvgIpc) is 3.15. The number of rotatable bonds is 10. The summed E-state index contributed by atoms with van der Waals surface area (Å²) in [5.74, 6) is 2.42. The lowest BCUT2D eigenvalue weighted by Gasteiger charge is -2.56. The largest absolute Gasteiger partial charge is 0.392 e. The molecule has 6 fully saturated rings. The molecule has 2 saturated heterocycles. The second kappa shape index (κ2) is 14.8. The number of nitrogens with one attached hydrogen (secondary N) is 2. The Hall–Kier alpha value is -4.03. The van der Waals surface area contributed by atoms with Gasteiger partial charge in [-0.1, -0.05) is 55.5 Å². The van der Waals surface area contributed by atoms with Gasteiger partial charge in [-0.25, -0.2) is 4.79 Å². The van der Waals surface area contributed by atoms with Gasteiger partial charge >= 0.3 is 6.03 Å². The zero-order valence-corrected chi connectivity index (χ0v) is 30.0. The Morgan fingerprint density at radius 2 is 1.44 bits per heavy atom. The Labute approximate surface area is 305 Å². The maximum atomic E-state index is 13.1. The Morgan fingerprint density at radius 1 is 0.846 bits per heavy atom. The predicted molar refractivity (Wildman–Crippen MR) is 197 cm³/mol. The fourth-order valence-corrected chi connectivity index (χ4v) is 10.1. The third kappa shape index (κ3) is 7.55. The topological polar surface area (TPSA) is 129 Å². The first-order valence-electron chi connectivity index (χ1n) is 19.1. The minimum Gasteiger partial charge on any atom is -0.392 e. The first-order valence-corrected chi connectivity index (χ1v) is 19.1. The SMILES string of the molecule is CC1C(CN2CCN(c3ccc([N+](=O)[O-])cc3)CC2)OC(c2ccc(CNC(=O)NC34CC5CC(CC(C5)C3)C4)cc2)OC1c1ccc(CO)cc1. The lowest BCUT2D eigenvalue weighted by atomic mass is 9.53. The number of carbonyl (C=O) groups excluding carboxylic acids is 1. The molecular weight excluding hydrogens is 658 g/mol. The van der Waals surface area contributed by atoms with Crippen molar-refractivity contribution >= 4 is 17.4 Å². The molecule has 276 valence electrons. The average molecular weight is 710 g/mol. The molecule has 4 atom stereocenters. The number of nitro groups is 1. The molecule has 0 radical (unpaired) electrons. The fraction of sp³-hybridized carbons (Fsp3) is 0.537. The normalized spacial score (nSPS) is 31.3. The zero-order valence-electron chi connectivity index (χ0n) is 30.0. The molecule has 4 saturated carbocycles. The quantitative estimate of drug-likeness (QED) is 0.162. The summed E-state index contributed by atoms with van der Waals surface area (Å²) >= 11 is 0. The zero-order chi connectivity index (χ0) is 35.8. The summed E-state index contributed by atoms with van der Waals surface area (Å²) < 4.78 is 13.4. The number of anilines is 1. The number of benzene rings is 3. The van der Waals surface area contributed by atoms with Crippen LogP contribution in [0.25, 0.3) is 0 Å². The van der Waals surface area contributed by atoms with Crippen LogP contribution in [0.3, 0.4) is 0 Å². The van der Waals surface area contributed by atoms with Crippen LogP contribution in [0.1, 0.15) is 80.1 Å². The summed E-state index contributed by atoms with van der Waals surface area (Å²) in [6.07, 6.45) is 6.59. The molecule has 9 rings (SSSR count). The lowest BCUT2D eigenvalue weighted by molar-refractivity contribution is -0.384. The van der Waals surface area contributed by atoms with Crippen molar-refractivity contribution in [1.29, 1.82) is 0 Å². The summed E-state index contributed by atoms with van der Waals surface area (Å²) in [4.78, 5) is 28.5. The van der Waals surface area contributed by atoms with Crippen LogP contribution >= 0.6 is 0 Å². The minimum atomic E-state index is -0.563. The van der Waals surface area contributed by atoms with Gasteiger partial charge in [-0.2, -0.15) is 0 Å². The van der Waals surface area contributed by atoms with Crippen LogP contribution in [-0.2, 0) is 22.6 Å². The van der Waals surface area contributed by atoms with Crippen LogP contribution in [-0.4, -0.2) is 65.3 Å². The summed E-state index contributed by atoms with van der Waals surface area (Å²) in [5, 5.41) is 27.3. The van der Waals surface area contributed by atoms with Gasteiger partial charge in [-0.05, 0) is 85.1 Å². The van der Waals surface area contributed by atoms with Crippen LogP contribution in [0.15, 0.2) is 72.8 Å². The van der Waals surface area contributed by atoms with E-state index >= 15 is 0 Å². The van der Waals surface area contributed by atoms with Gasteiger partial charge in [0.05, 0.1) is 23.7 Å². The van der Waals surface area contributed by atoms with Crippen LogP contribution in [0.5, 0.6) is 0 Å². The number of piperazine rings is 1. The maximum absolute atomic E-state index is 13.1. The molecule has 3 aromatic rings. The number of hydrogen-bond acceptors (Lipinski definition) is 8. The molecule has 6 aliphatic rings. The first-order chi connectivity index (χ1) is 25.2. The van der Waals surface area contributed by atoms with Crippen LogP contribution < -0.4 is 15.5 Å². The van der Waals surface area contributed by atoms with E-state index in [1.54, 1.807) is 12.1 Å². The Kier molecular flexibility index (Phi) is 9.95. The Bertz CT molecular complexity index is 1670. The number of carbonyl (C=O) groups is 1. The van der Waals surface area contributed by atoms with Crippen molar-refractivity contribution < 1.29 is 24.3 Å². The summed E-state index contributed by atoms with van der Waals surface area (Å²) in [6, 6.07) is 22.9. The van der Waals surface area contributed by atoms with E-state index < -0.39 is 6.29 Å². The molecule has 0 aromatic heterocycles. The highest BCUT2D eigenvalue weighted by Gasteiger charge is 2.51. The number of amides is 2. The highest BCUT2D eigenvalue weighted by atomic mass is 16.7. The summed E-state index contributed by atoms with van der Waals surface area (Å²) in [5.41, 5.74) is 4.95. The first kappa shape index (κ1) is 35.0. The number of aliphatic hydroxyl groups is 1. The number of aliphatic hydroxyl groups excluding tert-OH is 1. The van der Waals surface area contributed by atoms with Gasteiger partial charge in [0.25, 0.3) is 5.69 Å². The van der Waals surface area contributed by atoms with Gasteiger partial charge in [-0.15, -0.1) is 0 Å². The molecule has 4 aliphatic carbocycles. The standard InChI is InChI=1S/C41H51N5O6/c1-27-37(25-44-14-16-45(17-15-44)35-10-12-36(13-11-35)46(49)50)51-39(52-38(27)33-6-4-29(26-47)5-7-33)34-8-2-28(3-9-34)24-42-40(48)43-41-21-30-18-31(22-41)20-32(19-30)23-41/h2-13,27,30-32,37-39,47H,14-26H2,1H3,(H2,42,43,48). The van der Waals surface area contributed by atoms with Crippen molar-refractivity contribution in [3.05, 3.63) is 105 Å². The molecule has 3 aromatic carbocycles. The van der Waals surface area contributed by atoms with Crippen LogP contribution in [0, 0.1) is 33.8 Å². The number of non-ortho nitro benzene ring substituents is 1. The van der Waals surface area contributed by atoms with E-state index in [0.29, 0.717) is 6.54 Å². The van der Waals surface area contributed by atoms with E-state index in [-0.39, 0.29) is 46.9 Å². The molecule has 11 nitrogen and oxygen atoms in total. The highest BCUT2D eigenvalue weighted by molar-refractivity contribution is 5.75. The summed E-state index contributed by atoms with van der Waals surface area (Å²) in [7, 11) is 0. The van der Waals surface area contributed by atoms with E-state index in [2.05, 4.69) is 27.4 Å². The van der Waals surface area contributed by atoms with Crippen molar-refractivity contribution in [3.8, 4) is 0 Å². The molecule has 11 heteroatoms. The molecule has 2 aliphatic heterocycles. The van der Waals surface area contributed by atoms with Crippen molar-refractivity contribution in [3.63, 3.8) is 0 Å². The Morgan fingerprint density at radius 3 is 2.04 bits per heavy atom. The van der Waals surface area contributed by atoms with Crippen molar-refractivity contribution in [2.45, 2.75) is 82.6 Å². The van der Waals surface area contributed by atoms with Gasteiger partial charge in [0, 0.05) is 74.1 Å². The van der Waals surface area contributed by atoms with Gasteiger partial charge < -0.3 is 30.1 Å². The van der Waals surface area contributed by atoms with Crippen LogP contribution in [0.2, 0.25) is 0 Å². The minimum absolute atomic E-state index is 0.00724. The smallest absolute Gasteiger partial charge is 0.315 e. The van der Waals surface area contributed by atoms with Gasteiger partial charge in [0.15, 0.2) is 6.29 Å². The third-order valence-corrected chi connectivity index (χ3v) is 12.5. The van der Waals surface area contributed by atoms with Crippen molar-refractivity contribution in [2.75, 3.05) is 37.6 Å². The van der Waals surface area contributed by atoms with Crippen LogP contribution in [0.4, 0.5) is 16.2 Å². The second-order valence-electron chi connectivity index (χ2n) is 16.1. The number of urea groups is 1. The molecule has 4 unspecified atom stereocenters. The maximum Gasteiger partial charge on any atom is 0.315 e. The number of ether oxygens (including phenoxy) is 2. The van der Waals surface area contributed by atoms with E-state index in [1.807, 2.05) is 60.7 Å². The summed E-state index contributed by atoms with van der Waals surface area (Å²) in [6.45, 7) is 6.72. The van der Waals surface area contributed by atoms with Gasteiger partial charge in [0.2, 0.25) is 0 Å². The fourth-order valence-electron chi connectivity index (χ4n) is 10.1. The lowest BCUT2D eigenvalue weighted by Crippen LogP contribution is -2.61. The van der Waals surface area contributed by atoms with E-state index in [9.17, 15) is 20.0 Å². The van der Waals surface area contributed by atoms with Gasteiger partial charge in [0.1, 0.15) is 0 Å². The van der Waals surface area contributed by atoms with E-state index in [1.165, 1.54) is 19.3 Å². The highest BCUT2D eigenvalue weighted by Crippen LogP contribution is 2.55.